The van der Waals surface area contributed by atoms with Crippen LogP contribution in [-0.2, 0) is 4.74 Å². The molecule has 0 saturated carbocycles. The molecule has 0 saturated heterocycles. The van der Waals surface area contributed by atoms with Crippen molar-refractivity contribution < 1.29 is 39.9 Å². The molecule has 0 amide bonds. The molecular formula is C25H44O8Sn. The maximum Gasteiger partial charge on any atom is 0.346 e. The van der Waals surface area contributed by atoms with Crippen LogP contribution in [0.15, 0.2) is 24.3 Å². The Morgan fingerprint density at radius 1 is 0.735 bits per heavy atom. The van der Waals surface area contributed by atoms with Gasteiger partial charge in [-0.15, -0.1) is 0 Å². The van der Waals surface area contributed by atoms with Crippen LogP contribution in [-0.4, -0.2) is 91.1 Å². The number of cyclic esters (lactones) is 2. The van der Waals surface area contributed by atoms with E-state index >= 15 is 0 Å². The summed E-state index contributed by atoms with van der Waals surface area (Å²) in [5, 5.41) is 40.6. The van der Waals surface area contributed by atoms with Crippen LogP contribution >= 0.6 is 0 Å². The van der Waals surface area contributed by atoms with E-state index in [1.54, 1.807) is 33.1 Å². The van der Waals surface area contributed by atoms with E-state index in [0.717, 1.165) is 25.7 Å². The minimum atomic E-state index is -0.954. The fourth-order valence-electron chi connectivity index (χ4n) is 2.40. The number of carbonyl (C=O) groups is 2. The number of unbranched alkanes of at least 4 members (excludes halogenated alkanes) is 5. The van der Waals surface area contributed by atoms with E-state index in [4.69, 9.17) is 25.5 Å². The van der Waals surface area contributed by atoms with E-state index in [1.165, 1.54) is 25.7 Å². The van der Waals surface area contributed by atoms with Gasteiger partial charge in [-0.25, -0.2) is 9.59 Å². The maximum atomic E-state index is 10.8. The number of rotatable bonds is 13. The van der Waals surface area contributed by atoms with Crippen molar-refractivity contribution in [1.82, 2.24) is 0 Å². The molecule has 196 valence electrons. The van der Waals surface area contributed by atoms with E-state index in [0.29, 0.717) is 11.1 Å². The van der Waals surface area contributed by atoms with E-state index in [9.17, 15) is 9.59 Å². The second-order valence-corrected chi connectivity index (χ2v) is 11.8. The van der Waals surface area contributed by atoms with Crippen molar-refractivity contribution in [3.05, 3.63) is 35.4 Å². The Morgan fingerprint density at radius 2 is 1.15 bits per heavy atom. The van der Waals surface area contributed by atoms with Crippen molar-refractivity contribution in [1.29, 1.82) is 0 Å². The van der Waals surface area contributed by atoms with Gasteiger partial charge in [0.15, 0.2) is 0 Å². The third kappa shape index (κ3) is 20.3. The fourth-order valence-corrected chi connectivity index (χ4v) is 6.56. The number of aliphatic hydroxyl groups is 5. The second-order valence-electron chi connectivity index (χ2n) is 7.56. The molecule has 1 heterocycles. The molecule has 2 radical (unpaired) electrons. The second kappa shape index (κ2) is 26.6. The Bertz CT molecular complexity index is 563. The van der Waals surface area contributed by atoms with Crippen LogP contribution in [0, 0.1) is 0 Å². The first-order chi connectivity index (χ1) is 16.4. The van der Waals surface area contributed by atoms with Gasteiger partial charge in [0.25, 0.3) is 0 Å². The van der Waals surface area contributed by atoms with Gasteiger partial charge in [0.1, 0.15) is 6.10 Å². The third-order valence-electron chi connectivity index (χ3n) is 4.45. The average molecular weight is 591 g/mol. The molecular weight excluding hydrogens is 547 g/mol. The summed E-state index contributed by atoms with van der Waals surface area (Å²) in [4.78, 5) is 21.7. The summed E-state index contributed by atoms with van der Waals surface area (Å²) in [5.41, 5.74) is 0.718. The number of ether oxygens (including phenoxy) is 1. The predicted molar refractivity (Wildman–Crippen MR) is 134 cm³/mol. The number of aliphatic hydroxyl groups excluding tert-OH is 5. The zero-order valence-electron chi connectivity index (χ0n) is 20.7. The van der Waals surface area contributed by atoms with Gasteiger partial charge < -0.3 is 30.3 Å². The average Bonchev–Trinajstić information content (AvgIpc) is 3.16. The summed E-state index contributed by atoms with van der Waals surface area (Å²) in [6.45, 7) is 4.42. The molecule has 1 aliphatic heterocycles. The zero-order valence-corrected chi connectivity index (χ0v) is 23.6. The fraction of sp³-hybridized carbons (Fsp3) is 0.680. The van der Waals surface area contributed by atoms with Gasteiger partial charge in [0.05, 0.1) is 24.3 Å². The first kappa shape index (κ1) is 35.1. The molecule has 0 spiro atoms. The van der Waals surface area contributed by atoms with Crippen LogP contribution in [0.25, 0.3) is 0 Å². The van der Waals surface area contributed by atoms with Crippen molar-refractivity contribution in [2.24, 2.45) is 0 Å². The topological polar surface area (TPSA) is 145 Å². The Kier molecular flexibility index (Phi) is 27.4. The third-order valence-corrected chi connectivity index (χ3v) is 8.49. The first-order valence-corrected chi connectivity index (χ1v) is 16.1. The van der Waals surface area contributed by atoms with E-state index in [2.05, 4.69) is 18.6 Å². The quantitative estimate of drug-likeness (QED) is 0.102. The van der Waals surface area contributed by atoms with Crippen LogP contribution in [0.4, 0.5) is 0 Å². The Balaban J connectivity index is 0. The number of fused-ring (bicyclic) bond motifs is 1. The van der Waals surface area contributed by atoms with Gasteiger partial charge in [-0.05, 0) is 25.0 Å². The Hall–Kier alpha value is -1.04. The summed E-state index contributed by atoms with van der Waals surface area (Å²) < 4.78 is 7.60. The molecule has 34 heavy (non-hydrogen) atoms. The van der Waals surface area contributed by atoms with Crippen molar-refractivity contribution in [3.8, 4) is 0 Å². The van der Waals surface area contributed by atoms with Gasteiger partial charge in [-0.2, -0.15) is 0 Å². The molecule has 0 bridgehead atoms. The van der Waals surface area contributed by atoms with Gasteiger partial charge in [0.2, 0.25) is 0 Å². The molecule has 0 aromatic heterocycles. The minimum absolute atomic E-state index is 0.149. The largest absolute Gasteiger partial charge is 0.396 e. The molecule has 9 heteroatoms. The van der Waals surface area contributed by atoms with Crippen molar-refractivity contribution in [2.45, 2.75) is 80.2 Å². The van der Waals surface area contributed by atoms with Crippen LogP contribution in [0.5, 0.6) is 0 Å². The monoisotopic (exact) mass is 592 g/mol. The predicted octanol–water partition coefficient (Wildman–Crippen LogP) is 2.99. The molecule has 8 nitrogen and oxygen atoms in total. The summed E-state index contributed by atoms with van der Waals surface area (Å²) >= 11 is 0.149. The maximum absolute atomic E-state index is 10.8. The van der Waals surface area contributed by atoms with Crippen molar-refractivity contribution in [3.63, 3.8) is 0 Å². The summed E-state index contributed by atoms with van der Waals surface area (Å²) in [6.07, 6.45) is 8.71. The Morgan fingerprint density at radius 3 is 1.44 bits per heavy atom. The summed E-state index contributed by atoms with van der Waals surface area (Å²) in [5.74, 6) is -1.10. The van der Waals surface area contributed by atoms with Gasteiger partial charge in [-0.1, -0.05) is 25.0 Å². The molecule has 0 aliphatic carbocycles. The molecule has 2 rings (SSSR count). The number of hydrogen-bond donors (Lipinski definition) is 5. The smallest absolute Gasteiger partial charge is 0.346 e. The minimum Gasteiger partial charge on any atom is -0.396 e. The van der Waals surface area contributed by atoms with Crippen LogP contribution in [0.3, 0.4) is 0 Å². The molecule has 0 fully saturated rings. The molecule has 1 aromatic carbocycles. The van der Waals surface area contributed by atoms with Gasteiger partial charge in [-0.3, -0.25) is 0 Å². The molecule has 5 N–H and O–H groups in total. The van der Waals surface area contributed by atoms with Crippen LogP contribution in [0.1, 0.15) is 85.9 Å². The Labute approximate surface area is 214 Å². The van der Waals surface area contributed by atoms with E-state index in [1.807, 2.05) is 0 Å². The number of esters is 2. The summed E-state index contributed by atoms with van der Waals surface area (Å²) in [6, 6.07) is 6.53. The SMILES string of the molecule is CCC[CH2][Sn][CH2]CCC.O=C1OC(=O)c2ccccc21.OCC(O)CO.OCCCCCCO. The number of carbonyl (C=O) groups excluding carboxylic acids is 2. The first-order valence-electron chi connectivity index (χ1n) is 12.1. The standard InChI is InChI=1S/C8H4O3.C6H14O2.2C4H9.C3H8O3.Sn/c9-7-5-3-1-2-4-6(5)8(10)11-7;7-5-3-1-2-4-6-8;2*1-3-4-2;4-1-3(6)2-5;/h1-4H;7-8H,1-6H2;2*1,3-4H2,2H3;3-6H,1-2H2;. The normalized spacial score (nSPS) is 11.4. The van der Waals surface area contributed by atoms with Gasteiger partial charge in [0, 0.05) is 13.2 Å². The van der Waals surface area contributed by atoms with E-state index < -0.39 is 18.0 Å². The molecule has 0 unspecified atom stereocenters. The van der Waals surface area contributed by atoms with Crippen molar-refractivity contribution >= 4 is 33.1 Å². The number of benzene rings is 1. The summed E-state index contributed by atoms with van der Waals surface area (Å²) in [7, 11) is 0. The van der Waals surface area contributed by atoms with Crippen LogP contribution in [0.2, 0.25) is 8.87 Å². The van der Waals surface area contributed by atoms with Crippen LogP contribution < -0.4 is 0 Å². The molecule has 1 aliphatic rings. The zero-order chi connectivity index (χ0) is 26.0. The molecule has 1 aromatic rings. The van der Waals surface area contributed by atoms with Crippen molar-refractivity contribution in [2.75, 3.05) is 26.4 Å². The van der Waals surface area contributed by atoms with Gasteiger partial charge >= 0.3 is 81.5 Å². The number of hydrogen-bond acceptors (Lipinski definition) is 8. The molecule has 0 atom stereocenters. The van der Waals surface area contributed by atoms with E-state index in [-0.39, 0.29) is 47.6 Å².